The van der Waals surface area contributed by atoms with E-state index in [2.05, 4.69) is 0 Å². The fourth-order valence-corrected chi connectivity index (χ4v) is 2.55. The van der Waals surface area contributed by atoms with E-state index < -0.39 is 15.7 Å². The fourth-order valence-electron chi connectivity index (χ4n) is 1.04. The van der Waals surface area contributed by atoms with E-state index in [0.717, 1.165) is 12.1 Å². The first kappa shape index (κ1) is 14.8. The van der Waals surface area contributed by atoms with Crippen molar-refractivity contribution in [3.63, 3.8) is 0 Å². The van der Waals surface area contributed by atoms with Gasteiger partial charge in [0.15, 0.2) is 5.75 Å². The van der Waals surface area contributed by atoms with Crippen molar-refractivity contribution in [1.82, 2.24) is 0 Å². The molecule has 8 heteroatoms. The summed E-state index contributed by atoms with van der Waals surface area (Å²) in [6.45, 7) is -0.424. The Labute approximate surface area is 113 Å². The number of hydrogen-bond donors (Lipinski definition) is 0. The Kier molecular flexibility index (Phi) is 5.31. The van der Waals surface area contributed by atoms with Crippen LogP contribution in [0.3, 0.4) is 0 Å². The van der Waals surface area contributed by atoms with Crippen molar-refractivity contribution in [1.29, 1.82) is 0 Å². The second-order valence-electron chi connectivity index (χ2n) is 3.04. The van der Waals surface area contributed by atoms with E-state index in [4.69, 9.17) is 38.6 Å². The van der Waals surface area contributed by atoms with Crippen LogP contribution in [0.25, 0.3) is 0 Å². The smallest absolute Gasteiger partial charge is 0.261 e. The van der Waals surface area contributed by atoms with Crippen molar-refractivity contribution in [2.24, 2.45) is 0 Å². The summed E-state index contributed by atoms with van der Waals surface area (Å²) in [6.07, 6.45) is 0.197. The molecule has 96 valence electrons. The molecule has 1 aromatic carbocycles. The Hall–Kier alpha value is -0.230. The van der Waals surface area contributed by atoms with Crippen LogP contribution < -0.4 is 4.74 Å². The molecule has 0 N–H and O–H groups in total. The van der Waals surface area contributed by atoms with Crippen LogP contribution in [0.1, 0.15) is 6.42 Å². The molecule has 0 unspecified atom stereocenters. The van der Waals surface area contributed by atoms with Gasteiger partial charge < -0.3 is 4.74 Å². The highest BCUT2D eigenvalue weighted by Crippen LogP contribution is 2.36. The van der Waals surface area contributed by atoms with Crippen LogP contribution in [0.15, 0.2) is 17.0 Å². The lowest BCUT2D eigenvalue weighted by Crippen LogP contribution is -2.00. The minimum Gasteiger partial charge on any atom is -0.490 e. The van der Waals surface area contributed by atoms with Gasteiger partial charge in [0.05, 0.1) is 28.2 Å². The molecule has 0 fully saturated rings. The summed E-state index contributed by atoms with van der Waals surface area (Å²) in [5, 5.41) is 0.0196. The maximum Gasteiger partial charge on any atom is 0.261 e. The highest BCUT2D eigenvalue weighted by Gasteiger charge is 2.16. The molecule has 0 heterocycles. The number of hydrogen-bond acceptors (Lipinski definition) is 3. The van der Waals surface area contributed by atoms with Gasteiger partial charge in [-0.25, -0.2) is 8.42 Å². The summed E-state index contributed by atoms with van der Waals surface area (Å²) in [4.78, 5) is -0.216. The predicted octanol–water partition coefficient (Wildman–Crippen LogP) is 3.66. The van der Waals surface area contributed by atoms with Crippen molar-refractivity contribution in [3.8, 4) is 5.75 Å². The minimum atomic E-state index is -3.90. The van der Waals surface area contributed by atoms with E-state index in [-0.39, 0.29) is 33.7 Å². The second kappa shape index (κ2) is 6.09. The molecule has 0 amide bonds. The second-order valence-corrected chi connectivity index (χ2v) is 6.43. The highest BCUT2D eigenvalue weighted by molar-refractivity contribution is 8.13. The Morgan fingerprint density at radius 3 is 2.18 bits per heavy atom. The van der Waals surface area contributed by atoms with Gasteiger partial charge in [0.1, 0.15) is 0 Å². The van der Waals surface area contributed by atoms with Crippen molar-refractivity contribution in [3.05, 3.63) is 22.2 Å². The van der Waals surface area contributed by atoms with Crippen LogP contribution in [0.2, 0.25) is 10.0 Å². The average Bonchev–Trinajstić information content (AvgIpc) is 2.20. The third-order valence-corrected chi connectivity index (χ3v) is 3.67. The number of rotatable bonds is 5. The van der Waals surface area contributed by atoms with E-state index in [0.29, 0.717) is 0 Å². The summed E-state index contributed by atoms with van der Waals surface area (Å²) in [7, 11) is 1.24. The van der Waals surface area contributed by atoms with E-state index in [1.54, 1.807) is 0 Å². The van der Waals surface area contributed by atoms with Crippen LogP contribution >= 0.6 is 33.9 Å². The molecule has 0 spiro atoms. The third kappa shape index (κ3) is 4.17. The van der Waals surface area contributed by atoms with Gasteiger partial charge in [0.2, 0.25) is 0 Å². The van der Waals surface area contributed by atoms with E-state index in [9.17, 15) is 12.8 Å². The Morgan fingerprint density at radius 1 is 1.24 bits per heavy atom. The van der Waals surface area contributed by atoms with E-state index in [1.807, 2.05) is 0 Å². The lowest BCUT2D eigenvalue weighted by atomic mass is 10.3. The van der Waals surface area contributed by atoms with Crippen molar-refractivity contribution >= 4 is 42.9 Å². The third-order valence-electron chi connectivity index (χ3n) is 1.78. The van der Waals surface area contributed by atoms with Gasteiger partial charge in [-0.05, 0) is 12.1 Å². The Balaban J connectivity index is 3.03. The van der Waals surface area contributed by atoms with Gasteiger partial charge in [-0.2, -0.15) is 0 Å². The molecule has 0 atom stereocenters. The van der Waals surface area contributed by atoms with Crippen LogP contribution in [0.4, 0.5) is 4.39 Å². The lowest BCUT2D eigenvalue weighted by Gasteiger charge is -2.10. The number of halogens is 4. The molecule has 0 bridgehead atoms. The van der Waals surface area contributed by atoms with Crippen LogP contribution in [-0.4, -0.2) is 21.7 Å². The van der Waals surface area contributed by atoms with Crippen LogP contribution in [0, 0.1) is 0 Å². The SMILES string of the molecule is O=S(=O)(Cl)c1cc(Cl)c(OCCCF)c(Cl)c1. The molecular weight excluding hydrogens is 314 g/mol. The lowest BCUT2D eigenvalue weighted by molar-refractivity contribution is 0.290. The zero-order valence-electron chi connectivity index (χ0n) is 8.42. The Morgan fingerprint density at radius 2 is 1.76 bits per heavy atom. The first-order valence-electron chi connectivity index (χ1n) is 4.48. The summed E-state index contributed by atoms with van der Waals surface area (Å²) < 4.78 is 39.1. The first-order chi connectivity index (χ1) is 7.86. The molecule has 1 aromatic rings. The zero-order chi connectivity index (χ0) is 13.1. The standard InChI is InChI=1S/C9H8Cl3FO3S/c10-7-4-6(17(12,14)15)5-8(11)9(7)16-3-1-2-13/h4-5H,1-3H2. The first-order valence-corrected chi connectivity index (χ1v) is 7.55. The molecule has 0 aliphatic carbocycles. The summed E-state index contributed by atoms with van der Waals surface area (Å²) in [5.41, 5.74) is 0. The minimum absolute atomic E-state index is 0.00980. The number of ether oxygens (including phenoxy) is 1. The molecule has 0 aromatic heterocycles. The monoisotopic (exact) mass is 320 g/mol. The van der Waals surface area contributed by atoms with Gasteiger partial charge in [-0.3, -0.25) is 4.39 Å². The molecule has 0 aliphatic heterocycles. The van der Waals surface area contributed by atoms with Gasteiger partial charge in [0, 0.05) is 17.1 Å². The van der Waals surface area contributed by atoms with Crippen LogP contribution in [-0.2, 0) is 9.05 Å². The molecular formula is C9H8Cl3FO3S. The maximum atomic E-state index is 11.9. The molecule has 1 rings (SSSR count). The number of alkyl halides is 1. The van der Waals surface area contributed by atoms with Gasteiger partial charge in [0.25, 0.3) is 9.05 Å². The average molecular weight is 322 g/mol. The molecule has 17 heavy (non-hydrogen) atoms. The molecule has 0 saturated carbocycles. The highest BCUT2D eigenvalue weighted by atomic mass is 35.7. The van der Waals surface area contributed by atoms with Gasteiger partial charge in [-0.1, -0.05) is 23.2 Å². The fraction of sp³-hybridized carbons (Fsp3) is 0.333. The van der Waals surface area contributed by atoms with Crippen molar-refractivity contribution in [2.75, 3.05) is 13.3 Å². The Bertz CT molecular complexity index is 481. The summed E-state index contributed by atoms with van der Waals surface area (Å²) >= 11 is 11.6. The van der Waals surface area contributed by atoms with E-state index >= 15 is 0 Å². The summed E-state index contributed by atoms with van der Waals surface area (Å²) in [6, 6.07) is 2.25. The van der Waals surface area contributed by atoms with E-state index in [1.165, 1.54) is 0 Å². The van der Waals surface area contributed by atoms with Crippen molar-refractivity contribution < 1.29 is 17.5 Å². The predicted molar refractivity (Wildman–Crippen MR) is 65.6 cm³/mol. The molecule has 0 aliphatic rings. The maximum absolute atomic E-state index is 11.9. The zero-order valence-corrected chi connectivity index (χ0v) is 11.5. The van der Waals surface area contributed by atoms with Gasteiger partial charge >= 0.3 is 0 Å². The molecule has 0 saturated heterocycles. The molecule has 3 nitrogen and oxygen atoms in total. The summed E-state index contributed by atoms with van der Waals surface area (Å²) in [5.74, 6) is 0.117. The number of benzene rings is 1. The topological polar surface area (TPSA) is 43.4 Å². The largest absolute Gasteiger partial charge is 0.490 e. The quantitative estimate of drug-likeness (QED) is 0.614. The normalized spacial score (nSPS) is 11.5. The van der Waals surface area contributed by atoms with Crippen molar-refractivity contribution in [2.45, 2.75) is 11.3 Å². The van der Waals surface area contributed by atoms with Gasteiger partial charge in [-0.15, -0.1) is 0 Å². The molecule has 0 radical (unpaired) electrons. The van der Waals surface area contributed by atoms with Crippen LogP contribution in [0.5, 0.6) is 5.75 Å².